The van der Waals surface area contributed by atoms with Crippen molar-refractivity contribution < 1.29 is 9.59 Å². The molecule has 0 spiro atoms. The maximum Gasteiger partial charge on any atom is 0.247 e. The van der Waals surface area contributed by atoms with Crippen molar-refractivity contribution in [2.45, 2.75) is 26.2 Å². The van der Waals surface area contributed by atoms with Crippen molar-refractivity contribution in [1.29, 1.82) is 5.26 Å². The molecule has 1 amide bonds. The number of hydrogen-bond donors (Lipinski definition) is 0. The highest BCUT2D eigenvalue weighted by molar-refractivity contribution is 6.12. The van der Waals surface area contributed by atoms with Crippen molar-refractivity contribution >= 4 is 11.7 Å². The highest BCUT2D eigenvalue weighted by atomic mass is 16.2. The second-order valence-electron chi connectivity index (χ2n) is 5.13. The minimum Gasteiger partial charge on any atom is -0.341 e. The van der Waals surface area contributed by atoms with E-state index in [1.165, 1.54) is 0 Å². The highest BCUT2D eigenvalue weighted by Crippen LogP contribution is 2.18. The van der Waals surface area contributed by atoms with Crippen LogP contribution in [-0.4, -0.2) is 29.7 Å². The van der Waals surface area contributed by atoms with Gasteiger partial charge in [0, 0.05) is 18.7 Å². The number of carbonyl (C=O) groups excluding carboxylic acids is 2. The third-order valence-corrected chi connectivity index (χ3v) is 3.72. The predicted molar refractivity (Wildman–Crippen MR) is 75.0 cm³/mol. The van der Waals surface area contributed by atoms with Crippen molar-refractivity contribution in [3.8, 4) is 6.07 Å². The van der Waals surface area contributed by atoms with Gasteiger partial charge in [-0.1, -0.05) is 24.3 Å². The van der Waals surface area contributed by atoms with Crippen LogP contribution in [0.15, 0.2) is 24.3 Å². The van der Waals surface area contributed by atoms with E-state index >= 15 is 0 Å². The molecule has 2 rings (SSSR count). The summed E-state index contributed by atoms with van der Waals surface area (Å²) in [5.74, 6) is -1.95. The van der Waals surface area contributed by atoms with Gasteiger partial charge in [-0.25, -0.2) is 0 Å². The number of hydrogen-bond acceptors (Lipinski definition) is 3. The van der Waals surface area contributed by atoms with Crippen LogP contribution in [0.25, 0.3) is 0 Å². The first-order valence-electron chi connectivity index (χ1n) is 6.93. The molecule has 1 unspecified atom stereocenters. The van der Waals surface area contributed by atoms with Gasteiger partial charge in [-0.15, -0.1) is 0 Å². The molecule has 104 valence electrons. The molecule has 4 nitrogen and oxygen atoms in total. The molecular weight excluding hydrogens is 252 g/mol. The number of amides is 1. The summed E-state index contributed by atoms with van der Waals surface area (Å²) in [4.78, 5) is 26.4. The van der Waals surface area contributed by atoms with Gasteiger partial charge in [-0.2, -0.15) is 5.26 Å². The van der Waals surface area contributed by atoms with Gasteiger partial charge in [0.1, 0.15) is 0 Å². The van der Waals surface area contributed by atoms with Crippen molar-refractivity contribution in [2.24, 2.45) is 5.92 Å². The van der Waals surface area contributed by atoms with Crippen molar-refractivity contribution in [3.63, 3.8) is 0 Å². The van der Waals surface area contributed by atoms with Crippen LogP contribution in [-0.2, 0) is 4.79 Å². The van der Waals surface area contributed by atoms with Crippen LogP contribution in [0.4, 0.5) is 0 Å². The molecule has 1 fully saturated rings. The number of nitriles is 1. The summed E-state index contributed by atoms with van der Waals surface area (Å²) in [6.45, 7) is 3.11. The number of ketones is 1. The Kier molecular flexibility index (Phi) is 4.52. The summed E-state index contributed by atoms with van der Waals surface area (Å²) in [6.07, 6.45) is 3.00. The molecule has 1 aromatic carbocycles. The lowest BCUT2D eigenvalue weighted by Gasteiger charge is -2.28. The molecule has 1 saturated heterocycles. The van der Waals surface area contributed by atoms with Crippen LogP contribution in [0.1, 0.15) is 35.2 Å². The SMILES string of the molecule is Cc1ccccc1C(=O)C(C#N)C(=O)N1CCCCC1. The molecule has 0 bridgehead atoms. The van der Waals surface area contributed by atoms with Crippen LogP contribution in [0.5, 0.6) is 0 Å². The summed E-state index contributed by atoms with van der Waals surface area (Å²) in [6, 6.07) is 8.95. The molecule has 1 atom stereocenters. The molecular formula is C16H18N2O2. The topological polar surface area (TPSA) is 61.2 Å². The number of piperidine rings is 1. The zero-order chi connectivity index (χ0) is 14.5. The number of carbonyl (C=O) groups is 2. The van der Waals surface area contributed by atoms with Crippen LogP contribution in [0.3, 0.4) is 0 Å². The van der Waals surface area contributed by atoms with Crippen molar-refractivity contribution in [1.82, 2.24) is 4.90 Å². The molecule has 1 aromatic rings. The van der Waals surface area contributed by atoms with E-state index in [1.54, 1.807) is 17.0 Å². The van der Waals surface area contributed by atoms with Crippen LogP contribution >= 0.6 is 0 Å². The first kappa shape index (κ1) is 14.3. The normalized spacial score (nSPS) is 16.3. The molecule has 1 aliphatic rings. The lowest BCUT2D eigenvalue weighted by Crippen LogP contribution is -2.41. The third kappa shape index (κ3) is 2.88. The highest BCUT2D eigenvalue weighted by Gasteiger charge is 2.32. The first-order valence-corrected chi connectivity index (χ1v) is 6.93. The molecule has 0 aliphatic carbocycles. The fraction of sp³-hybridized carbons (Fsp3) is 0.438. The lowest BCUT2D eigenvalue weighted by atomic mass is 9.94. The number of likely N-dealkylation sites (tertiary alicyclic amines) is 1. The van der Waals surface area contributed by atoms with E-state index < -0.39 is 5.92 Å². The maximum atomic E-state index is 12.4. The van der Waals surface area contributed by atoms with E-state index in [0.717, 1.165) is 24.8 Å². The van der Waals surface area contributed by atoms with E-state index in [0.29, 0.717) is 18.7 Å². The van der Waals surface area contributed by atoms with E-state index in [4.69, 9.17) is 0 Å². The summed E-state index contributed by atoms with van der Waals surface area (Å²) >= 11 is 0. The monoisotopic (exact) mass is 270 g/mol. The Labute approximate surface area is 119 Å². The van der Waals surface area contributed by atoms with Crippen LogP contribution < -0.4 is 0 Å². The van der Waals surface area contributed by atoms with Gasteiger partial charge < -0.3 is 4.90 Å². The average Bonchev–Trinajstić information content (AvgIpc) is 2.49. The summed E-state index contributed by atoms with van der Waals surface area (Å²) in [5, 5.41) is 9.23. The first-order chi connectivity index (χ1) is 9.65. The fourth-order valence-electron chi connectivity index (χ4n) is 2.53. The number of nitrogens with zero attached hydrogens (tertiary/aromatic N) is 2. The minimum absolute atomic E-state index is 0.347. The van der Waals surface area contributed by atoms with Gasteiger partial charge in [-0.05, 0) is 31.7 Å². The second kappa shape index (κ2) is 6.33. The standard InChI is InChI=1S/C16H18N2O2/c1-12-7-3-4-8-13(12)15(19)14(11-17)16(20)18-9-5-2-6-10-18/h3-4,7-8,14H,2,5-6,9-10H2,1H3. The number of aryl methyl sites for hydroxylation is 1. The molecule has 1 aliphatic heterocycles. The van der Waals surface area contributed by atoms with Gasteiger partial charge in [0.25, 0.3) is 0 Å². The molecule has 0 N–H and O–H groups in total. The quantitative estimate of drug-likeness (QED) is 0.625. The molecule has 0 radical (unpaired) electrons. The van der Waals surface area contributed by atoms with Crippen LogP contribution in [0.2, 0.25) is 0 Å². The lowest BCUT2D eigenvalue weighted by molar-refractivity contribution is -0.133. The van der Waals surface area contributed by atoms with Gasteiger partial charge in [0.2, 0.25) is 5.91 Å². The van der Waals surface area contributed by atoms with Gasteiger partial charge >= 0.3 is 0 Å². The Morgan fingerprint density at radius 3 is 2.45 bits per heavy atom. The van der Waals surface area contributed by atoms with Crippen LogP contribution in [0, 0.1) is 24.2 Å². The second-order valence-corrected chi connectivity index (χ2v) is 5.13. The molecule has 4 heteroatoms. The van der Waals surface area contributed by atoms with Crippen molar-refractivity contribution in [3.05, 3.63) is 35.4 Å². The number of Topliss-reactive ketones (excluding diaryl/α,β-unsaturated/α-hetero) is 1. The Balaban J connectivity index is 2.20. The van der Waals surface area contributed by atoms with Gasteiger partial charge in [-0.3, -0.25) is 9.59 Å². The van der Waals surface area contributed by atoms with E-state index in [1.807, 2.05) is 25.1 Å². The predicted octanol–water partition coefficient (Wildman–Crippen LogP) is 2.33. The minimum atomic E-state index is -1.21. The number of rotatable bonds is 3. The summed E-state index contributed by atoms with van der Waals surface area (Å²) < 4.78 is 0. The summed E-state index contributed by atoms with van der Waals surface area (Å²) in [7, 11) is 0. The Morgan fingerprint density at radius 2 is 1.85 bits per heavy atom. The Morgan fingerprint density at radius 1 is 1.20 bits per heavy atom. The zero-order valence-corrected chi connectivity index (χ0v) is 11.6. The molecule has 1 heterocycles. The zero-order valence-electron chi connectivity index (χ0n) is 11.6. The molecule has 0 saturated carbocycles. The Bertz CT molecular complexity index is 554. The Hall–Kier alpha value is -2.15. The van der Waals surface area contributed by atoms with Gasteiger partial charge in [0.05, 0.1) is 6.07 Å². The smallest absolute Gasteiger partial charge is 0.247 e. The average molecular weight is 270 g/mol. The van der Waals surface area contributed by atoms with E-state index in [9.17, 15) is 14.9 Å². The maximum absolute atomic E-state index is 12.4. The third-order valence-electron chi connectivity index (χ3n) is 3.72. The summed E-state index contributed by atoms with van der Waals surface area (Å²) in [5.41, 5.74) is 1.26. The number of benzene rings is 1. The van der Waals surface area contributed by atoms with Crippen molar-refractivity contribution in [2.75, 3.05) is 13.1 Å². The fourth-order valence-corrected chi connectivity index (χ4v) is 2.53. The van der Waals surface area contributed by atoms with Gasteiger partial charge in [0.15, 0.2) is 11.7 Å². The molecule has 0 aromatic heterocycles. The molecule has 20 heavy (non-hydrogen) atoms. The van der Waals surface area contributed by atoms with E-state index in [-0.39, 0.29) is 11.7 Å². The largest absolute Gasteiger partial charge is 0.341 e. The van der Waals surface area contributed by atoms with E-state index in [2.05, 4.69) is 0 Å².